The fourth-order valence-corrected chi connectivity index (χ4v) is 3.37. The number of nitrogens with zero attached hydrogens (tertiary/aromatic N) is 3. The second-order valence-electron chi connectivity index (χ2n) is 6.45. The van der Waals surface area contributed by atoms with E-state index in [2.05, 4.69) is 41.0 Å². The molecule has 1 saturated heterocycles. The molecule has 1 aliphatic heterocycles. The lowest BCUT2D eigenvalue weighted by atomic mass is 9.89. The quantitative estimate of drug-likeness (QED) is 0.897. The van der Waals surface area contributed by atoms with Gasteiger partial charge in [-0.1, -0.05) is 27.2 Å². The van der Waals surface area contributed by atoms with E-state index in [4.69, 9.17) is 0 Å². The molecule has 1 aliphatic rings. The molecule has 1 aromatic rings. The van der Waals surface area contributed by atoms with E-state index in [-0.39, 0.29) is 0 Å². The predicted molar refractivity (Wildman–Crippen MR) is 90.0 cm³/mol. The highest BCUT2D eigenvalue weighted by atomic mass is 15.2. The molecule has 1 N–H and O–H groups in total. The second kappa shape index (κ2) is 7.62. The molecular weight excluding hydrogens is 260 g/mol. The first kappa shape index (κ1) is 16.1. The van der Waals surface area contributed by atoms with Gasteiger partial charge in [0.05, 0.1) is 0 Å². The first-order chi connectivity index (χ1) is 10.2. The number of hydrogen-bond donors (Lipinski definition) is 1. The van der Waals surface area contributed by atoms with E-state index in [1.54, 1.807) is 6.33 Å². The van der Waals surface area contributed by atoms with Crippen LogP contribution in [0, 0.1) is 11.8 Å². The zero-order valence-corrected chi connectivity index (χ0v) is 14.0. The molecule has 4 heteroatoms. The molecule has 1 unspecified atom stereocenters. The molecule has 0 aromatic carbocycles. The van der Waals surface area contributed by atoms with Crippen molar-refractivity contribution in [3.8, 4) is 0 Å². The van der Waals surface area contributed by atoms with Crippen LogP contribution in [0.3, 0.4) is 0 Å². The van der Waals surface area contributed by atoms with Crippen LogP contribution in [0.25, 0.3) is 0 Å². The maximum absolute atomic E-state index is 4.62. The zero-order valence-electron chi connectivity index (χ0n) is 14.0. The smallest absolute Gasteiger partial charge is 0.137 e. The van der Waals surface area contributed by atoms with Crippen molar-refractivity contribution in [2.45, 2.75) is 52.9 Å². The van der Waals surface area contributed by atoms with Gasteiger partial charge in [-0.15, -0.1) is 0 Å². The van der Waals surface area contributed by atoms with Crippen LogP contribution in [0.1, 0.15) is 52.0 Å². The summed E-state index contributed by atoms with van der Waals surface area (Å²) in [6.45, 7) is 9.17. The number of hydrogen-bond acceptors (Lipinski definition) is 4. The van der Waals surface area contributed by atoms with Crippen molar-refractivity contribution in [3.63, 3.8) is 0 Å². The summed E-state index contributed by atoms with van der Waals surface area (Å²) in [7, 11) is 1.95. The van der Waals surface area contributed by atoms with E-state index in [0.717, 1.165) is 49.4 Å². The molecule has 0 spiro atoms. The normalized spacial score (nSPS) is 19.7. The van der Waals surface area contributed by atoms with E-state index >= 15 is 0 Å². The number of aromatic nitrogens is 2. The summed E-state index contributed by atoms with van der Waals surface area (Å²) in [6, 6.07) is 0. The fourth-order valence-electron chi connectivity index (χ4n) is 3.37. The lowest BCUT2D eigenvalue weighted by Crippen LogP contribution is -2.27. The summed E-state index contributed by atoms with van der Waals surface area (Å²) in [6.07, 6.45) is 7.76. The molecule has 2 rings (SSSR count). The van der Waals surface area contributed by atoms with E-state index in [0.29, 0.717) is 0 Å². The van der Waals surface area contributed by atoms with Crippen LogP contribution in [0.15, 0.2) is 6.33 Å². The molecule has 4 nitrogen and oxygen atoms in total. The lowest BCUT2D eigenvalue weighted by molar-refractivity contribution is 0.351. The Hall–Kier alpha value is -1.32. The van der Waals surface area contributed by atoms with Crippen LogP contribution >= 0.6 is 0 Å². The molecule has 1 atom stereocenters. The Labute approximate surface area is 129 Å². The second-order valence-corrected chi connectivity index (χ2v) is 6.45. The lowest BCUT2D eigenvalue weighted by Gasteiger charge is -2.25. The summed E-state index contributed by atoms with van der Waals surface area (Å²) in [5.74, 6) is 3.79. The van der Waals surface area contributed by atoms with Crippen molar-refractivity contribution in [2.24, 2.45) is 11.8 Å². The van der Waals surface area contributed by atoms with Crippen molar-refractivity contribution in [1.29, 1.82) is 0 Å². The summed E-state index contributed by atoms with van der Waals surface area (Å²) < 4.78 is 0. The largest absolute Gasteiger partial charge is 0.373 e. The van der Waals surface area contributed by atoms with Gasteiger partial charge in [-0.25, -0.2) is 9.97 Å². The fraction of sp³-hybridized carbons (Fsp3) is 0.765. The Kier molecular flexibility index (Phi) is 5.83. The van der Waals surface area contributed by atoms with Crippen molar-refractivity contribution >= 4 is 11.6 Å². The molecule has 0 bridgehead atoms. The van der Waals surface area contributed by atoms with E-state index in [9.17, 15) is 0 Å². The van der Waals surface area contributed by atoms with Crippen molar-refractivity contribution in [3.05, 3.63) is 11.9 Å². The van der Waals surface area contributed by atoms with Crippen LogP contribution in [-0.4, -0.2) is 30.1 Å². The van der Waals surface area contributed by atoms with Gasteiger partial charge in [0.25, 0.3) is 0 Å². The third-order valence-corrected chi connectivity index (χ3v) is 4.67. The monoisotopic (exact) mass is 290 g/mol. The van der Waals surface area contributed by atoms with Crippen LogP contribution in [0.2, 0.25) is 0 Å². The van der Waals surface area contributed by atoms with Gasteiger partial charge in [0, 0.05) is 25.7 Å². The minimum Gasteiger partial charge on any atom is -0.373 e. The van der Waals surface area contributed by atoms with Gasteiger partial charge >= 0.3 is 0 Å². The van der Waals surface area contributed by atoms with Crippen molar-refractivity contribution in [1.82, 2.24) is 9.97 Å². The standard InChI is InChI=1S/C17H30N4/c1-5-7-15-16(18-4)19-12-20-17(15)21-10-6-8-14(9-11-21)13(2)3/h12-14H,5-11H2,1-4H3,(H,18,19,20). The highest BCUT2D eigenvalue weighted by molar-refractivity contribution is 5.58. The van der Waals surface area contributed by atoms with Gasteiger partial charge in [0.2, 0.25) is 0 Å². The Morgan fingerprint density at radius 3 is 2.76 bits per heavy atom. The summed E-state index contributed by atoms with van der Waals surface area (Å²) in [5.41, 5.74) is 1.28. The first-order valence-corrected chi connectivity index (χ1v) is 8.43. The van der Waals surface area contributed by atoms with Crippen LogP contribution in [0.5, 0.6) is 0 Å². The number of anilines is 2. The van der Waals surface area contributed by atoms with Crippen LogP contribution in [-0.2, 0) is 6.42 Å². The summed E-state index contributed by atoms with van der Waals surface area (Å²) >= 11 is 0. The molecule has 1 aromatic heterocycles. The van der Waals surface area contributed by atoms with E-state index in [1.807, 2.05) is 7.05 Å². The average Bonchev–Trinajstić information content (AvgIpc) is 2.73. The SMILES string of the molecule is CCCc1c(NC)ncnc1N1CCCC(C(C)C)CC1. The minimum atomic E-state index is 0.790. The predicted octanol–water partition coefficient (Wildman–Crippen LogP) is 3.73. The van der Waals surface area contributed by atoms with Gasteiger partial charge in [0.1, 0.15) is 18.0 Å². The topological polar surface area (TPSA) is 41.1 Å². The Morgan fingerprint density at radius 2 is 2.10 bits per heavy atom. The third kappa shape index (κ3) is 3.86. The third-order valence-electron chi connectivity index (χ3n) is 4.67. The molecule has 1 fully saturated rings. The van der Waals surface area contributed by atoms with Crippen LogP contribution < -0.4 is 10.2 Å². The molecular formula is C17H30N4. The Balaban J connectivity index is 2.21. The minimum absolute atomic E-state index is 0.790. The molecule has 0 radical (unpaired) electrons. The molecule has 0 aliphatic carbocycles. The molecule has 0 saturated carbocycles. The highest BCUT2D eigenvalue weighted by Gasteiger charge is 2.22. The van der Waals surface area contributed by atoms with E-state index in [1.165, 1.54) is 24.8 Å². The van der Waals surface area contributed by atoms with Crippen molar-refractivity contribution in [2.75, 3.05) is 30.4 Å². The Bertz CT molecular complexity index is 444. The zero-order chi connectivity index (χ0) is 15.2. The highest BCUT2D eigenvalue weighted by Crippen LogP contribution is 2.30. The molecule has 21 heavy (non-hydrogen) atoms. The van der Waals surface area contributed by atoms with E-state index < -0.39 is 0 Å². The first-order valence-electron chi connectivity index (χ1n) is 8.43. The molecule has 2 heterocycles. The van der Waals surface area contributed by atoms with Gasteiger partial charge in [-0.2, -0.15) is 0 Å². The van der Waals surface area contributed by atoms with Gasteiger partial charge < -0.3 is 10.2 Å². The van der Waals surface area contributed by atoms with Gasteiger partial charge in [-0.3, -0.25) is 0 Å². The maximum Gasteiger partial charge on any atom is 0.137 e. The maximum atomic E-state index is 4.62. The number of nitrogens with one attached hydrogen (secondary N) is 1. The summed E-state index contributed by atoms with van der Waals surface area (Å²) in [4.78, 5) is 11.5. The van der Waals surface area contributed by atoms with Gasteiger partial charge in [-0.05, 0) is 37.5 Å². The van der Waals surface area contributed by atoms with Crippen molar-refractivity contribution < 1.29 is 0 Å². The Morgan fingerprint density at radius 1 is 1.29 bits per heavy atom. The average molecular weight is 290 g/mol. The van der Waals surface area contributed by atoms with Gasteiger partial charge in [0.15, 0.2) is 0 Å². The summed E-state index contributed by atoms with van der Waals surface area (Å²) in [5, 5.41) is 3.22. The molecule has 0 amide bonds. The van der Waals surface area contributed by atoms with Crippen LogP contribution in [0.4, 0.5) is 11.6 Å². The number of rotatable bonds is 5. The molecule has 118 valence electrons.